The zero-order chi connectivity index (χ0) is 26.8. The lowest BCUT2D eigenvalue weighted by Crippen LogP contribution is -2.15. The van der Waals surface area contributed by atoms with Crippen LogP contribution in [0.5, 0.6) is 23.1 Å². The van der Waals surface area contributed by atoms with Gasteiger partial charge in [-0.2, -0.15) is 0 Å². The van der Waals surface area contributed by atoms with Gasteiger partial charge in [0.25, 0.3) is 0 Å². The summed E-state index contributed by atoms with van der Waals surface area (Å²) in [5.41, 5.74) is 4.06. The topological polar surface area (TPSA) is 81.8 Å². The Kier molecular flexibility index (Phi) is 4.81. The lowest BCUT2D eigenvalue weighted by Gasteiger charge is -2.28. The number of ether oxygens (including phenoxy) is 2. The van der Waals surface area contributed by atoms with Gasteiger partial charge >= 0.3 is 0 Å². The number of methoxy groups -OCH3 is 1. The summed E-state index contributed by atoms with van der Waals surface area (Å²) in [6, 6.07) is 32.0. The van der Waals surface area contributed by atoms with E-state index in [0.29, 0.717) is 22.9 Å². The highest BCUT2D eigenvalue weighted by Gasteiger charge is 2.34. The molecular weight excluding hydrogens is 500 g/mol. The first-order valence-electron chi connectivity index (χ1n) is 13.0. The van der Waals surface area contributed by atoms with Gasteiger partial charge in [-0.1, -0.05) is 72.8 Å². The molecule has 1 atom stereocenters. The van der Waals surface area contributed by atoms with Crippen LogP contribution in [-0.2, 0) is 0 Å². The van der Waals surface area contributed by atoms with Gasteiger partial charge in [-0.05, 0) is 46.0 Å². The molecule has 0 amide bonds. The Morgan fingerprint density at radius 1 is 0.850 bits per heavy atom. The van der Waals surface area contributed by atoms with Gasteiger partial charge in [-0.15, -0.1) is 5.10 Å². The Hall–Kier alpha value is -5.43. The maximum atomic E-state index is 10.9. The largest absolute Gasteiger partial charge is 0.507 e. The van der Waals surface area contributed by atoms with E-state index in [-0.39, 0.29) is 11.7 Å². The van der Waals surface area contributed by atoms with Crippen molar-refractivity contribution in [2.24, 2.45) is 0 Å². The predicted octanol–water partition coefficient (Wildman–Crippen LogP) is 7.10. The van der Waals surface area contributed by atoms with Gasteiger partial charge in [-0.25, -0.2) is 14.5 Å². The average molecular weight is 523 g/mol. The zero-order valence-electron chi connectivity index (χ0n) is 21.4. The van der Waals surface area contributed by atoms with Crippen LogP contribution in [-0.4, -0.2) is 31.8 Å². The van der Waals surface area contributed by atoms with Gasteiger partial charge in [0.2, 0.25) is 5.88 Å². The summed E-state index contributed by atoms with van der Waals surface area (Å²) in [6.45, 7) is 0. The number of phenolic OH excluding ortho intramolecular Hbond substituents is 1. The van der Waals surface area contributed by atoms with Crippen molar-refractivity contribution in [2.75, 3.05) is 7.11 Å². The number of benzene rings is 5. The molecule has 192 valence electrons. The van der Waals surface area contributed by atoms with Gasteiger partial charge < -0.3 is 14.6 Å². The second kappa shape index (κ2) is 8.54. The molecule has 0 unspecified atom stereocenters. The highest BCUT2D eigenvalue weighted by atomic mass is 16.5. The van der Waals surface area contributed by atoms with Crippen LogP contribution in [0.2, 0.25) is 0 Å². The molecule has 0 fully saturated rings. The molecule has 1 aliphatic rings. The maximum Gasteiger partial charge on any atom is 0.228 e. The van der Waals surface area contributed by atoms with Crippen LogP contribution in [0.4, 0.5) is 0 Å². The number of phenols is 1. The standard InChI is InChI=1S/C33H22N4O3/c1-39-23-13-10-20(11-14-23)28-25-15-12-19-6-4-5-9-24(19)30(25)40-33-29(28)32-35-31(36-37(32)18-34-33)26-16-21-7-2-3-8-22(21)17-27(26)38/h2-18,28,38H,1H3/t28-/m1/s1. The summed E-state index contributed by atoms with van der Waals surface area (Å²) in [5.74, 6) is 2.37. The highest BCUT2D eigenvalue weighted by molar-refractivity contribution is 5.92. The molecule has 7 aromatic rings. The Labute approximate surface area is 228 Å². The van der Waals surface area contributed by atoms with E-state index in [1.807, 2.05) is 54.6 Å². The highest BCUT2D eigenvalue weighted by Crippen LogP contribution is 2.50. The fraction of sp³-hybridized carbons (Fsp3) is 0.0606. The molecule has 0 bridgehead atoms. The minimum Gasteiger partial charge on any atom is -0.507 e. The number of rotatable bonds is 3. The number of fused-ring (bicyclic) bond motifs is 7. The Morgan fingerprint density at radius 3 is 2.40 bits per heavy atom. The summed E-state index contributed by atoms with van der Waals surface area (Å²) in [7, 11) is 1.66. The SMILES string of the molecule is COc1ccc([C@@H]2c3ccc4ccccc4c3Oc3ncn4nc(-c5cc6ccccc6cc5O)nc4c32)cc1. The molecule has 0 spiro atoms. The van der Waals surface area contributed by atoms with Crippen molar-refractivity contribution in [1.82, 2.24) is 19.6 Å². The molecule has 5 aromatic carbocycles. The van der Waals surface area contributed by atoms with E-state index in [1.54, 1.807) is 24.0 Å². The van der Waals surface area contributed by atoms with E-state index in [2.05, 4.69) is 36.4 Å². The molecule has 1 aliphatic heterocycles. The van der Waals surface area contributed by atoms with Crippen LogP contribution in [0.25, 0.3) is 38.6 Å². The van der Waals surface area contributed by atoms with E-state index in [9.17, 15) is 5.11 Å². The summed E-state index contributed by atoms with van der Waals surface area (Å²) >= 11 is 0. The molecule has 0 saturated carbocycles. The third kappa shape index (κ3) is 3.34. The van der Waals surface area contributed by atoms with E-state index in [1.165, 1.54) is 0 Å². The molecule has 7 heteroatoms. The van der Waals surface area contributed by atoms with Crippen molar-refractivity contribution in [1.29, 1.82) is 0 Å². The number of aromatic nitrogens is 4. The van der Waals surface area contributed by atoms with Gasteiger partial charge in [-0.3, -0.25) is 0 Å². The first-order chi connectivity index (χ1) is 19.7. The zero-order valence-corrected chi connectivity index (χ0v) is 21.4. The van der Waals surface area contributed by atoms with Crippen LogP contribution in [0.1, 0.15) is 22.6 Å². The Morgan fingerprint density at radius 2 is 1.60 bits per heavy atom. The van der Waals surface area contributed by atoms with Crippen LogP contribution >= 0.6 is 0 Å². The Bertz CT molecular complexity index is 2100. The molecule has 7 nitrogen and oxygen atoms in total. The summed E-state index contributed by atoms with van der Waals surface area (Å²) in [6.07, 6.45) is 1.62. The normalized spacial score (nSPS) is 14.2. The van der Waals surface area contributed by atoms with E-state index in [4.69, 9.17) is 24.5 Å². The molecule has 2 aromatic heterocycles. The minimum atomic E-state index is -0.215. The second-order valence-electron chi connectivity index (χ2n) is 9.90. The number of nitrogens with zero attached hydrogens (tertiary/aromatic N) is 4. The quantitative estimate of drug-likeness (QED) is 0.267. The third-order valence-electron chi connectivity index (χ3n) is 7.65. The predicted molar refractivity (Wildman–Crippen MR) is 153 cm³/mol. The van der Waals surface area contributed by atoms with Crippen LogP contribution < -0.4 is 9.47 Å². The lowest BCUT2D eigenvalue weighted by molar-refractivity contribution is 0.414. The molecule has 3 heterocycles. The fourth-order valence-corrected chi connectivity index (χ4v) is 5.71. The van der Waals surface area contributed by atoms with Gasteiger partial charge in [0.15, 0.2) is 11.5 Å². The van der Waals surface area contributed by atoms with Crippen molar-refractivity contribution >= 4 is 27.2 Å². The average Bonchev–Trinajstić information content (AvgIpc) is 3.44. The van der Waals surface area contributed by atoms with Gasteiger partial charge in [0.05, 0.1) is 18.2 Å². The molecular formula is C33H22N4O3. The monoisotopic (exact) mass is 522 g/mol. The molecule has 8 rings (SSSR count). The minimum absolute atomic E-state index is 0.121. The molecule has 1 N–H and O–H groups in total. The van der Waals surface area contributed by atoms with E-state index < -0.39 is 0 Å². The van der Waals surface area contributed by atoms with E-state index >= 15 is 0 Å². The van der Waals surface area contributed by atoms with Gasteiger partial charge in [0.1, 0.15) is 23.6 Å². The fourth-order valence-electron chi connectivity index (χ4n) is 5.71. The van der Waals surface area contributed by atoms with E-state index in [0.717, 1.165) is 49.7 Å². The second-order valence-corrected chi connectivity index (χ2v) is 9.90. The van der Waals surface area contributed by atoms with Crippen molar-refractivity contribution in [3.63, 3.8) is 0 Å². The first-order valence-corrected chi connectivity index (χ1v) is 13.0. The molecule has 40 heavy (non-hydrogen) atoms. The van der Waals surface area contributed by atoms with Crippen molar-refractivity contribution in [3.8, 4) is 34.5 Å². The van der Waals surface area contributed by atoms with Crippen LogP contribution in [0.15, 0.2) is 103 Å². The molecule has 0 saturated heterocycles. The number of aromatic hydroxyl groups is 1. The first kappa shape index (κ1) is 22.5. The molecule has 0 radical (unpaired) electrons. The van der Waals surface area contributed by atoms with Crippen molar-refractivity contribution < 1.29 is 14.6 Å². The summed E-state index contributed by atoms with van der Waals surface area (Å²) in [5, 5.41) is 19.7. The lowest BCUT2D eigenvalue weighted by atomic mass is 9.83. The van der Waals surface area contributed by atoms with Gasteiger partial charge in [0, 0.05) is 16.9 Å². The van der Waals surface area contributed by atoms with Crippen LogP contribution in [0.3, 0.4) is 0 Å². The molecule has 0 aliphatic carbocycles. The van der Waals surface area contributed by atoms with Crippen LogP contribution in [0, 0.1) is 0 Å². The summed E-state index contributed by atoms with van der Waals surface area (Å²) < 4.78 is 13.6. The Balaban J connectivity index is 1.38. The third-order valence-corrected chi connectivity index (χ3v) is 7.65. The maximum absolute atomic E-state index is 10.9. The van der Waals surface area contributed by atoms with Crippen molar-refractivity contribution in [3.05, 3.63) is 120 Å². The smallest absolute Gasteiger partial charge is 0.228 e. The summed E-state index contributed by atoms with van der Waals surface area (Å²) in [4.78, 5) is 9.65. The number of hydrogen-bond donors (Lipinski definition) is 1. The van der Waals surface area contributed by atoms with Crippen molar-refractivity contribution in [2.45, 2.75) is 5.92 Å². The number of hydrogen-bond acceptors (Lipinski definition) is 6.